The highest BCUT2D eigenvalue weighted by molar-refractivity contribution is 9.10. The van der Waals surface area contributed by atoms with E-state index >= 15 is 0 Å². The molecule has 0 N–H and O–H groups in total. The van der Waals surface area contributed by atoms with E-state index in [0.29, 0.717) is 34.7 Å². The molecule has 2 heterocycles. The number of nitrogens with zero attached hydrogens (tertiary/aromatic N) is 2. The van der Waals surface area contributed by atoms with Crippen molar-refractivity contribution in [3.63, 3.8) is 0 Å². The third-order valence-corrected chi connectivity index (χ3v) is 3.72. The third-order valence-electron chi connectivity index (χ3n) is 3.06. The van der Waals surface area contributed by atoms with Crippen LogP contribution < -0.4 is 9.47 Å². The van der Waals surface area contributed by atoms with Crippen molar-refractivity contribution in [2.75, 3.05) is 13.2 Å². The molecule has 2 aromatic rings. The van der Waals surface area contributed by atoms with E-state index in [0.717, 1.165) is 11.4 Å². The van der Waals surface area contributed by atoms with Gasteiger partial charge >= 0.3 is 0 Å². The summed E-state index contributed by atoms with van der Waals surface area (Å²) in [4.78, 5) is 12.6. The van der Waals surface area contributed by atoms with E-state index in [9.17, 15) is 4.79 Å². The van der Waals surface area contributed by atoms with Crippen molar-refractivity contribution in [1.29, 1.82) is 0 Å². The quantitative estimate of drug-likeness (QED) is 0.803. The van der Waals surface area contributed by atoms with Gasteiger partial charge in [0, 0.05) is 10.2 Å². The highest BCUT2D eigenvalue weighted by atomic mass is 79.9. The molecule has 1 aromatic carbocycles. The van der Waals surface area contributed by atoms with E-state index in [2.05, 4.69) is 21.0 Å². The third kappa shape index (κ3) is 2.20. The first-order chi connectivity index (χ1) is 9.56. The van der Waals surface area contributed by atoms with Crippen LogP contribution in [-0.4, -0.2) is 28.9 Å². The molecule has 0 radical (unpaired) electrons. The largest absolute Gasteiger partial charge is 0.486 e. The average Bonchev–Trinajstić information content (AvgIpc) is 2.76. The van der Waals surface area contributed by atoms with E-state index in [1.165, 1.54) is 4.68 Å². The molecule has 0 amide bonds. The first-order valence-corrected chi connectivity index (χ1v) is 7.02. The number of carbonyl (C=O) groups is 1. The van der Waals surface area contributed by atoms with Gasteiger partial charge in [-0.25, -0.2) is 4.68 Å². The molecular formula is C14H13BrN2O3. The molecule has 5 nitrogen and oxygen atoms in total. The molecule has 3 rings (SSSR count). The molecule has 0 saturated heterocycles. The van der Waals surface area contributed by atoms with Gasteiger partial charge in [0.15, 0.2) is 11.5 Å². The number of aryl methyl sites for hydroxylation is 2. The number of halogens is 1. The molecule has 104 valence electrons. The Morgan fingerprint density at radius 2 is 1.85 bits per heavy atom. The van der Waals surface area contributed by atoms with Crippen LogP contribution in [0.3, 0.4) is 0 Å². The molecule has 0 spiro atoms. The number of ether oxygens (including phenoxy) is 2. The van der Waals surface area contributed by atoms with Crippen molar-refractivity contribution in [3.05, 3.63) is 39.6 Å². The predicted molar refractivity (Wildman–Crippen MR) is 76.6 cm³/mol. The van der Waals surface area contributed by atoms with Crippen LogP contribution in [0.25, 0.3) is 0 Å². The normalized spacial score (nSPS) is 13.3. The summed E-state index contributed by atoms with van der Waals surface area (Å²) in [6, 6.07) is 5.31. The zero-order valence-corrected chi connectivity index (χ0v) is 12.7. The smallest absolute Gasteiger partial charge is 0.279 e. The van der Waals surface area contributed by atoms with Crippen LogP contribution in [0.15, 0.2) is 22.7 Å². The van der Waals surface area contributed by atoms with Crippen molar-refractivity contribution in [2.45, 2.75) is 13.8 Å². The van der Waals surface area contributed by atoms with E-state index < -0.39 is 0 Å². The maximum atomic E-state index is 12.6. The Morgan fingerprint density at radius 3 is 2.45 bits per heavy atom. The Hall–Kier alpha value is -1.82. The minimum Gasteiger partial charge on any atom is -0.486 e. The summed E-state index contributed by atoms with van der Waals surface area (Å²) in [5, 5.41) is 4.21. The molecule has 0 unspecified atom stereocenters. The van der Waals surface area contributed by atoms with Crippen LogP contribution in [0.1, 0.15) is 21.7 Å². The van der Waals surface area contributed by atoms with Gasteiger partial charge in [0.2, 0.25) is 0 Å². The van der Waals surface area contributed by atoms with Crippen molar-refractivity contribution in [3.8, 4) is 11.5 Å². The zero-order valence-electron chi connectivity index (χ0n) is 11.1. The maximum absolute atomic E-state index is 12.6. The fourth-order valence-electron chi connectivity index (χ4n) is 2.18. The number of hydrogen-bond donors (Lipinski definition) is 0. The lowest BCUT2D eigenvalue weighted by atomic mass is 10.2. The first-order valence-electron chi connectivity index (χ1n) is 6.23. The molecule has 0 saturated carbocycles. The van der Waals surface area contributed by atoms with E-state index in [1.807, 2.05) is 19.9 Å². The number of carbonyl (C=O) groups excluding carboxylic acids is 1. The summed E-state index contributed by atoms with van der Waals surface area (Å²) < 4.78 is 13.1. The van der Waals surface area contributed by atoms with Crippen LogP contribution in [0.2, 0.25) is 0 Å². The SMILES string of the molecule is Cc1cc(C)n(C(=O)c2cc3c(cc2Br)OCCO3)n1. The predicted octanol–water partition coefficient (Wildman–Crippen LogP) is 2.72. The van der Waals surface area contributed by atoms with Gasteiger partial charge < -0.3 is 9.47 Å². The van der Waals surface area contributed by atoms with Crippen molar-refractivity contribution >= 4 is 21.8 Å². The van der Waals surface area contributed by atoms with Crippen LogP contribution >= 0.6 is 15.9 Å². The Kier molecular flexibility index (Phi) is 3.25. The van der Waals surface area contributed by atoms with Crippen molar-refractivity contribution < 1.29 is 14.3 Å². The fourth-order valence-corrected chi connectivity index (χ4v) is 2.67. The maximum Gasteiger partial charge on any atom is 0.279 e. The standard InChI is InChI=1S/C14H13BrN2O3/c1-8-5-9(2)17(16-8)14(18)10-6-12-13(7-11(10)15)20-4-3-19-12/h5-7H,3-4H2,1-2H3. The number of fused-ring (bicyclic) bond motifs is 1. The van der Waals surface area contributed by atoms with Crippen LogP contribution in [-0.2, 0) is 0 Å². The Labute approximate surface area is 124 Å². The molecule has 1 aliphatic heterocycles. The number of aromatic nitrogens is 2. The fraction of sp³-hybridized carbons (Fsp3) is 0.286. The van der Waals surface area contributed by atoms with Crippen LogP contribution in [0.5, 0.6) is 11.5 Å². The lowest BCUT2D eigenvalue weighted by Gasteiger charge is -2.19. The second kappa shape index (κ2) is 4.94. The van der Waals surface area contributed by atoms with E-state index in [-0.39, 0.29) is 5.91 Å². The second-order valence-corrected chi connectivity index (χ2v) is 5.47. The highest BCUT2D eigenvalue weighted by Gasteiger charge is 2.21. The molecule has 1 aliphatic rings. The second-order valence-electron chi connectivity index (χ2n) is 4.62. The van der Waals surface area contributed by atoms with Gasteiger partial charge in [-0.05, 0) is 48.0 Å². The number of hydrogen-bond acceptors (Lipinski definition) is 4. The Morgan fingerprint density at radius 1 is 1.20 bits per heavy atom. The van der Waals surface area contributed by atoms with Gasteiger partial charge in [-0.3, -0.25) is 4.79 Å². The highest BCUT2D eigenvalue weighted by Crippen LogP contribution is 2.35. The summed E-state index contributed by atoms with van der Waals surface area (Å²) in [5.74, 6) is 1.04. The van der Waals surface area contributed by atoms with Gasteiger partial charge in [-0.15, -0.1) is 0 Å². The molecule has 0 atom stereocenters. The van der Waals surface area contributed by atoms with Crippen molar-refractivity contribution in [2.24, 2.45) is 0 Å². The average molecular weight is 337 g/mol. The van der Waals surface area contributed by atoms with Gasteiger partial charge in [0.25, 0.3) is 5.91 Å². The van der Waals surface area contributed by atoms with Gasteiger partial charge in [-0.1, -0.05) is 0 Å². The molecule has 0 aliphatic carbocycles. The van der Waals surface area contributed by atoms with E-state index in [1.54, 1.807) is 12.1 Å². The summed E-state index contributed by atoms with van der Waals surface area (Å²) in [7, 11) is 0. The summed E-state index contributed by atoms with van der Waals surface area (Å²) >= 11 is 3.41. The Bertz CT molecular complexity index is 694. The molecule has 20 heavy (non-hydrogen) atoms. The zero-order chi connectivity index (χ0) is 14.3. The van der Waals surface area contributed by atoms with Crippen molar-refractivity contribution in [1.82, 2.24) is 9.78 Å². The van der Waals surface area contributed by atoms with Crippen LogP contribution in [0.4, 0.5) is 0 Å². The Balaban J connectivity index is 2.05. The molecule has 0 bridgehead atoms. The summed E-state index contributed by atoms with van der Waals surface area (Å²) in [6.07, 6.45) is 0. The van der Waals surface area contributed by atoms with Crippen LogP contribution in [0, 0.1) is 13.8 Å². The molecule has 1 aromatic heterocycles. The van der Waals surface area contributed by atoms with Gasteiger partial charge in [0.1, 0.15) is 13.2 Å². The molecule has 0 fully saturated rings. The van der Waals surface area contributed by atoms with Gasteiger partial charge in [0.05, 0.1) is 11.3 Å². The summed E-state index contributed by atoms with van der Waals surface area (Å²) in [6.45, 7) is 4.71. The first kappa shape index (κ1) is 13.2. The molecular weight excluding hydrogens is 324 g/mol. The lowest BCUT2D eigenvalue weighted by molar-refractivity contribution is 0.0940. The van der Waals surface area contributed by atoms with Gasteiger partial charge in [-0.2, -0.15) is 5.10 Å². The number of rotatable bonds is 1. The minimum absolute atomic E-state index is 0.195. The van der Waals surface area contributed by atoms with E-state index in [4.69, 9.17) is 9.47 Å². The monoisotopic (exact) mass is 336 g/mol. The lowest BCUT2D eigenvalue weighted by Crippen LogP contribution is -2.19. The minimum atomic E-state index is -0.195. The number of benzene rings is 1. The topological polar surface area (TPSA) is 53.4 Å². The summed E-state index contributed by atoms with van der Waals surface area (Å²) in [5.41, 5.74) is 2.11. The molecule has 6 heteroatoms.